The summed E-state index contributed by atoms with van der Waals surface area (Å²) in [6, 6.07) is 0. The largest absolute Gasteiger partial charge is 0.330 e. The highest BCUT2D eigenvalue weighted by atomic mass is 15.4. The topological polar surface area (TPSA) is 56.7 Å². The Hall–Kier alpha value is -0.900. The first kappa shape index (κ1) is 13.2. The second-order valence-corrected chi connectivity index (χ2v) is 4.30. The second-order valence-electron chi connectivity index (χ2n) is 4.30. The lowest BCUT2D eigenvalue weighted by atomic mass is 10.2. The van der Waals surface area contributed by atoms with E-state index in [1.165, 1.54) is 31.4 Å². The molecule has 0 atom stereocenters. The van der Waals surface area contributed by atoms with Gasteiger partial charge in [-0.1, -0.05) is 31.4 Å². The number of nitrogens with zero attached hydrogens (tertiary/aromatic N) is 3. The van der Waals surface area contributed by atoms with E-state index in [4.69, 9.17) is 5.73 Å². The average Bonchev–Trinajstić information content (AvgIpc) is 2.64. The number of hydrogen-bond acceptors (Lipinski definition) is 3. The lowest BCUT2D eigenvalue weighted by Crippen LogP contribution is -2.04. The standard InChI is InChI=1S/C12H24N4/c1-3-4-5-6-10-16-11(2)12(14-15-16)8-7-9-13/h3-10,13H2,1-2H3. The lowest BCUT2D eigenvalue weighted by molar-refractivity contribution is 0.519. The van der Waals surface area contributed by atoms with E-state index in [9.17, 15) is 0 Å². The number of unbranched alkanes of at least 4 members (excludes halogenated alkanes) is 3. The van der Waals surface area contributed by atoms with Crippen LogP contribution in [0, 0.1) is 6.92 Å². The SMILES string of the molecule is CCCCCCn1nnc(CCCN)c1C. The van der Waals surface area contributed by atoms with Crippen LogP contribution in [0.4, 0.5) is 0 Å². The zero-order valence-electron chi connectivity index (χ0n) is 10.6. The molecule has 16 heavy (non-hydrogen) atoms. The fourth-order valence-electron chi connectivity index (χ4n) is 1.80. The summed E-state index contributed by atoms with van der Waals surface area (Å²) in [4.78, 5) is 0. The minimum absolute atomic E-state index is 0.725. The molecule has 0 fully saturated rings. The van der Waals surface area contributed by atoms with Crippen LogP contribution in [0.5, 0.6) is 0 Å². The highest BCUT2D eigenvalue weighted by Gasteiger charge is 2.07. The molecule has 1 aromatic rings. The molecule has 0 saturated heterocycles. The Labute approximate surface area is 98.2 Å². The molecule has 0 aromatic carbocycles. The summed E-state index contributed by atoms with van der Waals surface area (Å²) < 4.78 is 2.03. The lowest BCUT2D eigenvalue weighted by Gasteiger charge is -2.03. The molecule has 0 aliphatic carbocycles. The van der Waals surface area contributed by atoms with Gasteiger partial charge in [-0.3, -0.25) is 0 Å². The molecular formula is C12H24N4. The van der Waals surface area contributed by atoms with Gasteiger partial charge in [0.05, 0.1) is 11.4 Å². The Morgan fingerprint density at radius 3 is 2.69 bits per heavy atom. The smallest absolute Gasteiger partial charge is 0.0856 e. The molecular weight excluding hydrogens is 200 g/mol. The van der Waals surface area contributed by atoms with Crippen molar-refractivity contribution >= 4 is 0 Å². The number of aryl methyl sites for hydroxylation is 2. The highest BCUT2D eigenvalue weighted by molar-refractivity contribution is 5.07. The third-order valence-corrected chi connectivity index (χ3v) is 2.92. The minimum Gasteiger partial charge on any atom is -0.330 e. The summed E-state index contributed by atoms with van der Waals surface area (Å²) in [5.41, 5.74) is 7.82. The third-order valence-electron chi connectivity index (χ3n) is 2.92. The van der Waals surface area contributed by atoms with E-state index in [0.29, 0.717) is 0 Å². The van der Waals surface area contributed by atoms with Crippen molar-refractivity contribution in [1.29, 1.82) is 0 Å². The summed E-state index contributed by atoms with van der Waals surface area (Å²) in [5.74, 6) is 0. The van der Waals surface area contributed by atoms with Gasteiger partial charge in [0.1, 0.15) is 0 Å². The summed E-state index contributed by atoms with van der Waals surface area (Å²) in [7, 11) is 0. The average molecular weight is 224 g/mol. The molecule has 4 nitrogen and oxygen atoms in total. The van der Waals surface area contributed by atoms with Crippen molar-refractivity contribution < 1.29 is 0 Å². The van der Waals surface area contributed by atoms with Crippen molar-refractivity contribution in [2.45, 2.75) is 58.9 Å². The minimum atomic E-state index is 0.725. The maximum absolute atomic E-state index is 5.49. The quantitative estimate of drug-likeness (QED) is 0.688. The van der Waals surface area contributed by atoms with E-state index in [2.05, 4.69) is 24.2 Å². The molecule has 0 aliphatic heterocycles. The molecule has 0 unspecified atom stereocenters. The zero-order chi connectivity index (χ0) is 11.8. The monoisotopic (exact) mass is 224 g/mol. The van der Waals surface area contributed by atoms with Crippen molar-refractivity contribution in [3.05, 3.63) is 11.4 Å². The maximum Gasteiger partial charge on any atom is 0.0856 e. The molecule has 4 heteroatoms. The van der Waals surface area contributed by atoms with Gasteiger partial charge in [0, 0.05) is 6.54 Å². The van der Waals surface area contributed by atoms with Gasteiger partial charge in [0.2, 0.25) is 0 Å². The molecule has 0 aliphatic rings. The van der Waals surface area contributed by atoms with Gasteiger partial charge in [0.15, 0.2) is 0 Å². The molecule has 1 aromatic heterocycles. The Bertz CT molecular complexity index is 293. The summed E-state index contributed by atoms with van der Waals surface area (Å²) in [6.45, 7) is 6.06. The van der Waals surface area contributed by atoms with Crippen LogP contribution in [0.15, 0.2) is 0 Å². The van der Waals surface area contributed by atoms with Crippen molar-refractivity contribution in [2.24, 2.45) is 5.73 Å². The molecule has 2 N–H and O–H groups in total. The Kier molecular flexibility index (Phi) is 6.08. The van der Waals surface area contributed by atoms with Crippen LogP contribution in [0.25, 0.3) is 0 Å². The Morgan fingerprint density at radius 1 is 1.19 bits per heavy atom. The van der Waals surface area contributed by atoms with Gasteiger partial charge >= 0.3 is 0 Å². The molecule has 92 valence electrons. The third kappa shape index (κ3) is 3.93. The second kappa shape index (κ2) is 7.39. The van der Waals surface area contributed by atoms with E-state index in [1.54, 1.807) is 0 Å². The molecule has 0 radical (unpaired) electrons. The molecule has 0 spiro atoms. The highest BCUT2D eigenvalue weighted by Crippen LogP contribution is 2.08. The summed E-state index contributed by atoms with van der Waals surface area (Å²) in [5, 5.41) is 8.40. The normalized spacial score (nSPS) is 10.9. The summed E-state index contributed by atoms with van der Waals surface area (Å²) >= 11 is 0. The predicted molar refractivity (Wildman–Crippen MR) is 66.3 cm³/mol. The van der Waals surface area contributed by atoms with Crippen LogP contribution in [-0.4, -0.2) is 21.5 Å². The van der Waals surface area contributed by atoms with Crippen LogP contribution in [-0.2, 0) is 13.0 Å². The van der Waals surface area contributed by atoms with E-state index in [1.807, 2.05) is 4.68 Å². The predicted octanol–water partition coefficient (Wildman–Crippen LogP) is 2.06. The van der Waals surface area contributed by atoms with Gasteiger partial charge < -0.3 is 5.73 Å². The number of rotatable bonds is 8. The van der Waals surface area contributed by atoms with Gasteiger partial charge in [-0.2, -0.15) is 0 Å². The van der Waals surface area contributed by atoms with E-state index < -0.39 is 0 Å². The van der Waals surface area contributed by atoms with Crippen LogP contribution in [0.1, 0.15) is 50.4 Å². The van der Waals surface area contributed by atoms with Crippen LogP contribution >= 0.6 is 0 Å². The van der Waals surface area contributed by atoms with Gasteiger partial charge in [-0.15, -0.1) is 5.10 Å². The van der Waals surface area contributed by atoms with Crippen molar-refractivity contribution in [3.8, 4) is 0 Å². The van der Waals surface area contributed by atoms with Gasteiger partial charge in [-0.25, -0.2) is 4.68 Å². The van der Waals surface area contributed by atoms with Gasteiger partial charge in [0.25, 0.3) is 0 Å². The number of aromatic nitrogens is 3. The first-order valence-corrected chi connectivity index (χ1v) is 6.38. The van der Waals surface area contributed by atoms with E-state index in [0.717, 1.165) is 31.6 Å². The molecule has 0 amide bonds. The van der Waals surface area contributed by atoms with E-state index in [-0.39, 0.29) is 0 Å². The number of nitrogens with two attached hydrogens (primary N) is 1. The van der Waals surface area contributed by atoms with E-state index >= 15 is 0 Å². The molecule has 0 saturated carbocycles. The van der Waals surface area contributed by atoms with Crippen LogP contribution in [0.3, 0.4) is 0 Å². The van der Waals surface area contributed by atoms with Crippen molar-refractivity contribution in [2.75, 3.05) is 6.54 Å². The van der Waals surface area contributed by atoms with Gasteiger partial charge in [-0.05, 0) is 32.7 Å². The zero-order valence-corrected chi connectivity index (χ0v) is 10.6. The molecule has 1 heterocycles. The van der Waals surface area contributed by atoms with Crippen LogP contribution in [0.2, 0.25) is 0 Å². The molecule has 1 rings (SSSR count). The molecule has 0 bridgehead atoms. The first-order valence-electron chi connectivity index (χ1n) is 6.38. The Morgan fingerprint density at radius 2 is 2.00 bits per heavy atom. The van der Waals surface area contributed by atoms with Crippen LogP contribution < -0.4 is 5.73 Å². The fourth-order valence-corrected chi connectivity index (χ4v) is 1.80. The number of hydrogen-bond donors (Lipinski definition) is 1. The fraction of sp³-hybridized carbons (Fsp3) is 0.833. The first-order chi connectivity index (χ1) is 7.79. The van der Waals surface area contributed by atoms with Crippen molar-refractivity contribution in [3.63, 3.8) is 0 Å². The maximum atomic E-state index is 5.49. The Balaban J connectivity index is 2.38. The summed E-state index contributed by atoms with van der Waals surface area (Å²) in [6.07, 6.45) is 7.03. The van der Waals surface area contributed by atoms with Crippen molar-refractivity contribution in [1.82, 2.24) is 15.0 Å².